The average Bonchev–Trinajstić information content (AvgIpc) is 3.08. The minimum absolute atomic E-state index is 0.145. The van der Waals surface area contributed by atoms with E-state index in [2.05, 4.69) is 27.3 Å². The Hall–Kier alpha value is -2.55. The van der Waals surface area contributed by atoms with Crippen LogP contribution in [0.4, 0.5) is 0 Å². The first-order valence-electron chi connectivity index (χ1n) is 6.05. The van der Waals surface area contributed by atoms with Gasteiger partial charge in [0, 0.05) is 0 Å². The molecule has 2 aromatic rings. The van der Waals surface area contributed by atoms with Crippen molar-refractivity contribution in [1.29, 1.82) is 0 Å². The summed E-state index contributed by atoms with van der Waals surface area (Å²) in [6, 6.07) is 2.70. The van der Waals surface area contributed by atoms with Gasteiger partial charge in [0.05, 0.1) is 4.88 Å². The Bertz CT molecular complexity index is 637. The van der Waals surface area contributed by atoms with Crippen LogP contribution in [0, 0.1) is 0 Å². The predicted molar refractivity (Wildman–Crippen MR) is 75.5 cm³/mol. The van der Waals surface area contributed by atoms with Crippen LogP contribution in [0.2, 0.25) is 0 Å². The summed E-state index contributed by atoms with van der Waals surface area (Å²) in [5, 5.41) is 24.9. The number of hydrogen-bond donors (Lipinski definition) is 2. The number of nitrogens with zero attached hydrogens (tertiary/aromatic N) is 4. The number of thiophene rings is 1. The number of carbonyl (C=O) groups is 2. The molecule has 2 heterocycles. The van der Waals surface area contributed by atoms with E-state index in [1.807, 2.05) is 17.5 Å². The van der Waals surface area contributed by atoms with Gasteiger partial charge >= 0.3 is 5.97 Å². The molecular weight excluding hydrogens is 294 g/mol. The van der Waals surface area contributed by atoms with E-state index in [-0.39, 0.29) is 13.0 Å². The molecule has 0 saturated carbocycles. The number of carboxylic acids is 1. The Labute approximate surface area is 124 Å². The molecule has 0 saturated heterocycles. The lowest BCUT2D eigenvalue weighted by Gasteiger charge is -2.11. The number of rotatable bonds is 7. The third-order valence-electron chi connectivity index (χ3n) is 2.52. The zero-order valence-electron chi connectivity index (χ0n) is 11.0. The van der Waals surface area contributed by atoms with E-state index in [1.165, 1.54) is 17.4 Å². The van der Waals surface area contributed by atoms with Gasteiger partial charge in [-0.2, -0.15) is 4.80 Å². The molecule has 1 atom stereocenters. The Kier molecular flexibility index (Phi) is 4.77. The molecule has 2 aromatic heterocycles. The molecule has 0 bridgehead atoms. The molecule has 2 N–H and O–H groups in total. The number of amides is 1. The van der Waals surface area contributed by atoms with Crippen molar-refractivity contribution in [2.75, 3.05) is 0 Å². The molecule has 2 rings (SSSR count). The fourth-order valence-electron chi connectivity index (χ4n) is 1.57. The summed E-state index contributed by atoms with van der Waals surface area (Å²) in [7, 11) is 0. The molecule has 0 aliphatic carbocycles. The van der Waals surface area contributed by atoms with Crippen LogP contribution in [0.15, 0.2) is 30.2 Å². The van der Waals surface area contributed by atoms with E-state index in [0.717, 1.165) is 9.67 Å². The summed E-state index contributed by atoms with van der Waals surface area (Å²) in [6.07, 6.45) is 1.58. The summed E-state index contributed by atoms with van der Waals surface area (Å²) in [5.41, 5.74) is 0. The van der Waals surface area contributed by atoms with Gasteiger partial charge in [0.25, 0.3) is 0 Å². The second-order valence-corrected chi connectivity index (χ2v) is 5.05. The van der Waals surface area contributed by atoms with E-state index < -0.39 is 17.9 Å². The first-order valence-corrected chi connectivity index (χ1v) is 6.93. The molecule has 8 nitrogen and oxygen atoms in total. The van der Waals surface area contributed by atoms with E-state index in [1.54, 1.807) is 0 Å². The van der Waals surface area contributed by atoms with E-state index in [9.17, 15) is 9.59 Å². The minimum atomic E-state index is -1.12. The molecule has 9 heteroatoms. The van der Waals surface area contributed by atoms with Gasteiger partial charge in [0.15, 0.2) is 0 Å². The van der Waals surface area contributed by atoms with Crippen molar-refractivity contribution in [2.24, 2.45) is 0 Å². The summed E-state index contributed by atoms with van der Waals surface area (Å²) in [6.45, 7) is 3.26. The molecule has 1 unspecified atom stereocenters. The molecular formula is C12H13N5O3S. The summed E-state index contributed by atoms with van der Waals surface area (Å²) < 4.78 is 0. The summed E-state index contributed by atoms with van der Waals surface area (Å²) in [5.74, 6) is -1.19. The quantitative estimate of drug-likeness (QED) is 0.723. The molecule has 1 amide bonds. The Morgan fingerprint density at radius 1 is 1.57 bits per heavy atom. The van der Waals surface area contributed by atoms with Crippen LogP contribution in [-0.2, 0) is 16.1 Å². The van der Waals surface area contributed by atoms with Crippen LogP contribution in [-0.4, -0.2) is 43.2 Å². The van der Waals surface area contributed by atoms with Gasteiger partial charge in [0.2, 0.25) is 11.7 Å². The van der Waals surface area contributed by atoms with Crippen LogP contribution in [0.5, 0.6) is 0 Å². The molecule has 21 heavy (non-hydrogen) atoms. The predicted octanol–water partition coefficient (Wildman–Crippen LogP) is 0.547. The summed E-state index contributed by atoms with van der Waals surface area (Å²) in [4.78, 5) is 24.7. The van der Waals surface area contributed by atoms with Crippen molar-refractivity contribution in [3.05, 3.63) is 30.2 Å². The van der Waals surface area contributed by atoms with Gasteiger partial charge in [-0.15, -0.1) is 28.1 Å². The highest BCUT2D eigenvalue weighted by Gasteiger charge is 2.19. The van der Waals surface area contributed by atoms with Crippen LogP contribution in [0.1, 0.15) is 6.42 Å². The number of aromatic nitrogens is 4. The molecule has 0 aliphatic rings. The van der Waals surface area contributed by atoms with Gasteiger partial charge in [-0.1, -0.05) is 12.1 Å². The molecule has 110 valence electrons. The number of hydrogen-bond acceptors (Lipinski definition) is 6. The van der Waals surface area contributed by atoms with Gasteiger partial charge in [-0.3, -0.25) is 4.79 Å². The Balaban J connectivity index is 1.96. The maximum Gasteiger partial charge on any atom is 0.326 e. The number of tetrazole rings is 1. The summed E-state index contributed by atoms with van der Waals surface area (Å²) >= 11 is 1.46. The zero-order chi connectivity index (χ0) is 15.2. The van der Waals surface area contributed by atoms with E-state index in [4.69, 9.17) is 5.11 Å². The lowest BCUT2D eigenvalue weighted by atomic mass is 10.2. The number of carboxylic acid groups (broad SMARTS) is 1. The van der Waals surface area contributed by atoms with Crippen LogP contribution >= 0.6 is 11.3 Å². The SMILES string of the molecule is C=CCC(NC(=O)Cn1nnc(-c2cccs2)n1)C(=O)O. The van der Waals surface area contributed by atoms with Gasteiger partial charge in [-0.05, 0) is 23.1 Å². The molecule has 0 aliphatic heterocycles. The van der Waals surface area contributed by atoms with E-state index >= 15 is 0 Å². The van der Waals surface area contributed by atoms with Crippen LogP contribution < -0.4 is 5.32 Å². The highest BCUT2D eigenvalue weighted by molar-refractivity contribution is 7.13. The fraction of sp³-hybridized carbons (Fsp3) is 0.250. The highest BCUT2D eigenvalue weighted by atomic mass is 32.1. The number of nitrogens with one attached hydrogen (secondary N) is 1. The maximum absolute atomic E-state index is 11.8. The lowest BCUT2D eigenvalue weighted by Crippen LogP contribution is -2.42. The average molecular weight is 307 g/mol. The second-order valence-electron chi connectivity index (χ2n) is 4.10. The molecule has 0 spiro atoms. The normalized spacial score (nSPS) is 11.8. The van der Waals surface area contributed by atoms with Gasteiger partial charge < -0.3 is 10.4 Å². The first-order chi connectivity index (χ1) is 10.1. The van der Waals surface area contributed by atoms with Crippen molar-refractivity contribution < 1.29 is 14.7 Å². The van der Waals surface area contributed by atoms with Crippen molar-refractivity contribution in [3.8, 4) is 10.7 Å². The van der Waals surface area contributed by atoms with E-state index in [0.29, 0.717) is 5.82 Å². The molecule has 0 fully saturated rings. The molecule has 0 radical (unpaired) electrons. The first kappa shape index (κ1) is 14.9. The van der Waals surface area contributed by atoms with Crippen molar-refractivity contribution in [3.63, 3.8) is 0 Å². The van der Waals surface area contributed by atoms with Gasteiger partial charge in [-0.25, -0.2) is 4.79 Å². The van der Waals surface area contributed by atoms with Crippen LogP contribution in [0.3, 0.4) is 0 Å². The topological polar surface area (TPSA) is 110 Å². The second kappa shape index (κ2) is 6.75. The molecule has 0 aromatic carbocycles. The Morgan fingerprint density at radius 2 is 2.38 bits per heavy atom. The zero-order valence-corrected chi connectivity index (χ0v) is 11.8. The number of aliphatic carboxylic acids is 1. The monoisotopic (exact) mass is 307 g/mol. The maximum atomic E-state index is 11.8. The number of carbonyl (C=O) groups excluding carboxylic acids is 1. The largest absolute Gasteiger partial charge is 0.480 e. The third kappa shape index (κ3) is 3.96. The van der Waals surface area contributed by atoms with Crippen molar-refractivity contribution in [1.82, 2.24) is 25.5 Å². The highest BCUT2D eigenvalue weighted by Crippen LogP contribution is 2.19. The standard InChI is InChI=1S/C12H13N5O3S/c1-2-4-8(12(19)20)13-10(18)7-17-15-11(14-16-17)9-5-3-6-21-9/h2-3,5-6,8H,1,4,7H2,(H,13,18)(H,19,20). The Morgan fingerprint density at radius 3 is 3.00 bits per heavy atom. The van der Waals surface area contributed by atoms with Crippen LogP contribution in [0.25, 0.3) is 10.7 Å². The van der Waals surface area contributed by atoms with Crippen molar-refractivity contribution >= 4 is 23.2 Å². The minimum Gasteiger partial charge on any atom is -0.480 e. The third-order valence-corrected chi connectivity index (χ3v) is 3.38. The van der Waals surface area contributed by atoms with Crippen molar-refractivity contribution in [2.45, 2.75) is 19.0 Å². The van der Waals surface area contributed by atoms with Gasteiger partial charge in [0.1, 0.15) is 12.6 Å². The smallest absolute Gasteiger partial charge is 0.326 e. The lowest BCUT2D eigenvalue weighted by molar-refractivity contribution is -0.141. The fourth-order valence-corrected chi connectivity index (χ4v) is 2.22.